The van der Waals surface area contributed by atoms with Crippen molar-refractivity contribution in [3.63, 3.8) is 0 Å². The molecule has 3 heteroatoms. The highest BCUT2D eigenvalue weighted by Gasteiger charge is 2.01. The van der Waals surface area contributed by atoms with Gasteiger partial charge in [-0.25, -0.2) is 0 Å². The largest absolute Gasteiger partial charge is 0.496 e. The fourth-order valence-corrected chi connectivity index (χ4v) is 1.82. The van der Waals surface area contributed by atoms with Gasteiger partial charge in [-0.05, 0) is 46.5 Å². The smallest absolute Gasteiger partial charge is 0.133 e. The second-order valence-electron chi connectivity index (χ2n) is 3.96. The van der Waals surface area contributed by atoms with Crippen molar-refractivity contribution in [2.24, 2.45) is 5.92 Å². The van der Waals surface area contributed by atoms with Crippen LogP contribution in [0, 0.1) is 5.92 Å². The first kappa shape index (κ1) is 12.4. The number of halogens is 1. The van der Waals surface area contributed by atoms with Crippen molar-refractivity contribution in [1.82, 2.24) is 0 Å². The molecule has 0 saturated heterocycles. The lowest BCUT2D eigenvalue weighted by atomic mass is 10.1. The monoisotopic (exact) mass is 271 g/mol. The average Bonchev–Trinajstić information content (AvgIpc) is 2.17. The summed E-state index contributed by atoms with van der Waals surface area (Å²) in [6.07, 6.45) is 1.18. The molecule has 1 rings (SSSR count). The molecule has 84 valence electrons. The molecule has 0 saturated carbocycles. The van der Waals surface area contributed by atoms with Crippen LogP contribution in [0.4, 0.5) is 5.69 Å². The van der Waals surface area contributed by atoms with Gasteiger partial charge in [0.25, 0.3) is 0 Å². The summed E-state index contributed by atoms with van der Waals surface area (Å²) >= 11 is 3.46. The Balaban J connectivity index is 2.52. The average molecular weight is 272 g/mol. The Morgan fingerprint density at radius 3 is 2.67 bits per heavy atom. The number of ether oxygens (including phenoxy) is 1. The van der Waals surface area contributed by atoms with E-state index in [0.717, 1.165) is 28.4 Å². The van der Waals surface area contributed by atoms with Crippen LogP contribution in [0.5, 0.6) is 5.75 Å². The van der Waals surface area contributed by atoms with Gasteiger partial charge in [0, 0.05) is 12.2 Å². The fourth-order valence-electron chi connectivity index (χ4n) is 1.28. The lowest BCUT2D eigenvalue weighted by molar-refractivity contribution is 0.412. The number of benzene rings is 1. The number of anilines is 1. The minimum atomic E-state index is 0.735. The Hall–Kier alpha value is -0.700. The molecular formula is C12H18BrNO. The molecule has 1 aromatic rings. The minimum absolute atomic E-state index is 0.735. The van der Waals surface area contributed by atoms with Gasteiger partial charge in [0.05, 0.1) is 11.6 Å². The van der Waals surface area contributed by atoms with Crippen LogP contribution in [-0.2, 0) is 0 Å². The zero-order valence-electron chi connectivity index (χ0n) is 9.51. The van der Waals surface area contributed by atoms with Gasteiger partial charge < -0.3 is 10.1 Å². The van der Waals surface area contributed by atoms with Crippen molar-refractivity contribution in [3.05, 3.63) is 22.7 Å². The van der Waals surface area contributed by atoms with Crippen LogP contribution in [-0.4, -0.2) is 13.7 Å². The quantitative estimate of drug-likeness (QED) is 0.877. The molecule has 0 spiro atoms. The van der Waals surface area contributed by atoms with E-state index in [2.05, 4.69) is 35.1 Å². The molecule has 0 aliphatic heterocycles. The van der Waals surface area contributed by atoms with Crippen molar-refractivity contribution in [2.75, 3.05) is 19.0 Å². The second kappa shape index (κ2) is 6.01. The molecule has 0 atom stereocenters. The minimum Gasteiger partial charge on any atom is -0.496 e. The summed E-state index contributed by atoms with van der Waals surface area (Å²) in [6.45, 7) is 5.47. The summed E-state index contributed by atoms with van der Waals surface area (Å²) in [6, 6.07) is 6.03. The van der Waals surface area contributed by atoms with E-state index in [-0.39, 0.29) is 0 Å². The van der Waals surface area contributed by atoms with E-state index in [4.69, 9.17) is 4.74 Å². The number of nitrogens with one attached hydrogen (secondary N) is 1. The molecule has 0 amide bonds. The molecule has 2 nitrogen and oxygen atoms in total. The molecule has 1 aromatic carbocycles. The van der Waals surface area contributed by atoms with E-state index < -0.39 is 0 Å². The van der Waals surface area contributed by atoms with E-state index in [1.54, 1.807) is 7.11 Å². The van der Waals surface area contributed by atoms with Gasteiger partial charge in [0.15, 0.2) is 0 Å². The Kier molecular flexibility index (Phi) is 4.95. The maximum atomic E-state index is 5.17. The van der Waals surface area contributed by atoms with Crippen LogP contribution in [0.3, 0.4) is 0 Å². The van der Waals surface area contributed by atoms with Crippen LogP contribution in [0.1, 0.15) is 20.3 Å². The molecule has 0 bridgehead atoms. The molecular weight excluding hydrogens is 254 g/mol. The third kappa shape index (κ3) is 4.12. The van der Waals surface area contributed by atoms with Crippen LogP contribution in [0.2, 0.25) is 0 Å². The van der Waals surface area contributed by atoms with Crippen LogP contribution in [0.15, 0.2) is 22.7 Å². The summed E-state index contributed by atoms with van der Waals surface area (Å²) in [5, 5.41) is 3.38. The molecule has 15 heavy (non-hydrogen) atoms. The molecule has 0 aromatic heterocycles. The summed E-state index contributed by atoms with van der Waals surface area (Å²) in [7, 11) is 1.67. The Morgan fingerprint density at radius 1 is 1.40 bits per heavy atom. The Bertz CT molecular complexity index is 312. The van der Waals surface area contributed by atoms with Gasteiger partial charge in [-0.3, -0.25) is 0 Å². The molecule has 0 aliphatic rings. The number of hydrogen-bond donors (Lipinski definition) is 1. The SMILES string of the molecule is COc1ccc(NCCC(C)C)cc1Br. The lowest BCUT2D eigenvalue weighted by Gasteiger charge is -2.10. The summed E-state index contributed by atoms with van der Waals surface area (Å²) in [4.78, 5) is 0. The highest BCUT2D eigenvalue weighted by molar-refractivity contribution is 9.10. The molecule has 0 radical (unpaired) electrons. The zero-order valence-corrected chi connectivity index (χ0v) is 11.1. The van der Waals surface area contributed by atoms with Gasteiger partial charge in [0.1, 0.15) is 5.75 Å². The van der Waals surface area contributed by atoms with Gasteiger partial charge in [-0.2, -0.15) is 0 Å². The molecule has 0 aliphatic carbocycles. The Morgan fingerprint density at radius 2 is 2.13 bits per heavy atom. The third-order valence-electron chi connectivity index (χ3n) is 2.20. The van der Waals surface area contributed by atoms with Crippen LogP contribution in [0.25, 0.3) is 0 Å². The van der Waals surface area contributed by atoms with E-state index >= 15 is 0 Å². The van der Waals surface area contributed by atoms with Gasteiger partial charge in [0.2, 0.25) is 0 Å². The normalized spacial score (nSPS) is 10.5. The standard InChI is InChI=1S/C12H18BrNO/c1-9(2)6-7-14-10-4-5-12(15-3)11(13)8-10/h4-5,8-9,14H,6-7H2,1-3H3. The van der Waals surface area contributed by atoms with E-state index in [9.17, 15) is 0 Å². The summed E-state index contributed by atoms with van der Waals surface area (Å²) < 4.78 is 6.15. The number of hydrogen-bond acceptors (Lipinski definition) is 2. The second-order valence-corrected chi connectivity index (χ2v) is 4.81. The van der Waals surface area contributed by atoms with Crippen molar-refractivity contribution in [2.45, 2.75) is 20.3 Å². The highest BCUT2D eigenvalue weighted by Crippen LogP contribution is 2.27. The van der Waals surface area contributed by atoms with Crippen molar-refractivity contribution < 1.29 is 4.74 Å². The van der Waals surface area contributed by atoms with Gasteiger partial charge in [-0.1, -0.05) is 13.8 Å². The lowest BCUT2D eigenvalue weighted by Crippen LogP contribution is -2.04. The maximum absolute atomic E-state index is 5.17. The first-order valence-corrected chi connectivity index (χ1v) is 6.00. The van der Waals surface area contributed by atoms with E-state index in [1.165, 1.54) is 6.42 Å². The van der Waals surface area contributed by atoms with Crippen molar-refractivity contribution in [1.29, 1.82) is 0 Å². The molecule has 1 N–H and O–H groups in total. The fraction of sp³-hybridized carbons (Fsp3) is 0.500. The molecule has 0 heterocycles. The Labute approximate surface area is 100 Å². The topological polar surface area (TPSA) is 21.3 Å². The summed E-state index contributed by atoms with van der Waals surface area (Å²) in [5.41, 5.74) is 1.13. The van der Waals surface area contributed by atoms with Crippen LogP contribution < -0.4 is 10.1 Å². The van der Waals surface area contributed by atoms with Crippen LogP contribution >= 0.6 is 15.9 Å². The third-order valence-corrected chi connectivity index (χ3v) is 2.82. The zero-order chi connectivity index (χ0) is 11.3. The summed E-state index contributed by atoms with van der Waals surface area (Å²) in [5.74, 6) is 1.60. The maximum Gasteiger partial charge on any atom is 0.133 e. The first-order valence-electron chi connectivity index (χ1n) is 5.21. The predicted molar refractivity (Wildman–Crippen MR) is 68.6 cm³/mol. The van der Waals surface area contributed by atoms with E-state index in [0.29, 0.717) is 0 Å². The highest BCUT2D eigenvalue weighted by atomic mass is 79.9. The predicted octanol–water partition coefficient (Wildman–Crippen LogP) is 3.92. The molecule has 0 unspecified atom stereocenters. The van der Waals surface area contributed by atoms with Crippen molar-refractivity contribution >= 4 is 21.6 Å². The van der Waals surface area contributed by atoms with Gasteiger partial charge >= 0.3 is 0 Å². The number of methoxy groups -OCH3 is 1. The van der Waals surface area contributed by atoms with Gasteiger partial charge in [-0.15, -0.1) is 0 Å². The molecule has 0 fully saturated rings. The van der Waals surface area contributed by atoms with Crippen molar-refractivity contribution in [3.8, 4) is 5.75 Å². The van der Waals surface area contributed by atoms with E-state index in [1.807, 2.05) is 18.2 Å². The first-order chi connectivity index (χ1) is 7.13. The number of rotatable bonds is 5.